The van der Waals surface area contributed by atoms with Gasteiger partial charge in [0.25, 0.3) is 6.43 Å². The summed E-state index contributed by atoms with van der Waals surface area (Å²) in [6, 6.07) is 5.39. The number of nitrogens with one attached hydrogen (secondary N) is 1. The number of aromatic nitrogens is 2. The van der Waals surface area contributed by atoms with Gasteiger partial charge in [0, 0.05) is 22.9 Å². The van der Waals surface area contributed by atoms with Crippen LogP contribution in [0, 0.1) is 18.7 Å². The summed E-state index contributed by atoms with van der Waals surface area (Å²) >= 11 is 0. The second kappa shape index (κ2) is 9.59. The highest BCUT2D eigenvalue weighted by molar-refractivity contribution is 5.94. The summed E-state index contributed by atoms with van der Waals surface area (Å²) in [5.74, 6) is 0.0230. The molecule has 0 unspecified atom stereocenters. The van der Waals surface area contributed by atoms with Crippen LogP contribution in [0.3, 0.4) is 0 Å². The van der Waals surface area contributed by atoms with E-state index in [-0.39, 0.29) is 17.4 Å². The number of aliphatic carboxylic acids is 1. The third-order valence-corrected chi connectivity index (χ3v) is 7.41. The van der Waals surface area contributed by atoms with Crippen molar-refractivity contribution >= 4 is 22.7 Å². The number of aryl methyl sites for hydroxylation is 1. The molecule has 3 aromatic rings. The van der Waals surface area contributed by atoms with Crippen LogP contribution in [-0.2, 0) is 11.2 Å². The first kappa shape index (κ1) is 24.3. The number of benzene rings is 2. The smallest absolute Gasteiger partial charge is 0.306 e. The summed E-state index contributed by atoms with van der Waals surface area (Å²) in [4.78, 5) is 20.7. The Bertz CT molecular complexity index is 1320. The average Bonchev–Trinajstić information content (AvgIpc) is 3.34. The molecule has 1 aromatic heterocycles. The van der Waals surface area contributed by atoms with Crippen LogP contribution < -0.4 is 10.1 Å². The number of carbonyl (C=O) groups is 1. The minimum Gasteiger partial charge on any atom is -0.493 e. The Kier molecular flexibility index (Phi) is 6.49. The first-order valence-corrected chi connectivity index (χ1v) is 12.3. The lowest BCUT2D eigenvalue weighted by Crippen LogP contribution is -2.20. The molecule has 1 fully saturated rings. The van der Waals surface area contributed by atoms with E-state index in [1.165, 1.54) is 12.1 Å². The highest BCUT2D eigenvalue weighted by Gasteiger charge is 2.32. The molecule has 1 aliphatic carbocycles. The van der Waals surface area contributed by atoms with Crippen molar-refractivity contribution in [3.8, 4) is 5.75 Å². The van der Waals surface area contributed by atoms with Crippen molar-refractivity contribution in [2.45, 2.75) is 64.3 Å². The molecule has 5 rings (SSSR count). The molecule has 1 aliphatic heterocycles. The van der Waals surface area contributed by atoms with Crippen molar-refractivity contribution < 1.29 is 27.8 Å². The van der Waals surface area contributed by atoms with Gasteiger partial charge in [0.2, 0.25) is 0 Å². The third kappa shape index (κ3) is 4.35. The Morgan fingerprint density at radius 3 is 2.58 bits per heavy atom. The Balaban J connectivity index is 1.55. The fourth-order valence-electron chi connectivity index (χ4n) is 5.53. The highest BCUT2D eigenvalue weighted by Crippen LogP contribution is 2.46. The van der Waals surface area contributed by atoms with E-state index < -0.39 is 29.8 Å². The van der Waals surface area contributed by atoms with Crippen molar-refractivity contribution in [3.63, 3.8) is 0 Å². The molecule has 36 heavy (non-hydrogen) atoms. The highest BCUT2D eigenvalue weighted by atomic mass is 19.3. The average molecular weight is 500 g/mol. The molecule has 2 N–H and O–H groups in total. The Hall–Kier alpha value is -3.36. The number of carboxylic acids is 1. The van der Waals surface area contributed by atoms with Crippen molar-refractivity contribution in [1.82, 2.24) is 9.97 Å². The van der Waals surface area contributed by atoms with Crippen molar-refractivity contribution in [1.29, 1.82) is 0 Å². The molecule has 1 atom stereocenters. The van der Waals surface area contributed by atoms with Crippen molar-refractivity contribution in [2.75, 3.05) is 11.9 Å². The van der Waals surface area contributed by atoms with Crippen LogP contribution in [0.25, 0.3) is 10.9 Å². The van der Waals surface area contributed by atoms with Crippen LogP contribution >= 0.6 is 0 Å². The Morgan fingerprint density at radius 1 is 1.17 bits per heavy atom. The van der Waals surface area contributed by atoms with Gasteiger partial charge in [-0.3, -0.25) is 4.79 Å². The second-order valence-electron chi connectivity index (χ2n) is 9.69. The van der Waals surface area contributed by atoms with Gasteiger partial charge in [0.15, 0.2) is 0 Å². The SMILES string of the molecule is Cc1nc(N[C@H](C)c2cccc(C(F)F)c2F)c2cc([C@H]3CC[C@H](C(=O)O)CC3)c3c(c2n1)CCO3. The number of rotatable bonds is 6. The quantitative estimate of drug-likeness (QED) is 0.404. The van der Waals surface area contributed by atoms with Gasteiger partial charge in [-0.2, -0.15) is 0 Å². The zero-order valence-electron chi connectivity index (χ0n) is 20.2. The van der Waals surface area contributed by atoms with Gasteiger partial charge in [-0.25, -0.2) is 23.1 Å². The predicted molar refractivity (Wildman–Crippen MR) is 129 cm³/mol. The van der Waals surface area contributed by atoms with Gasteiger partial charge >= 0.3 is 5.97 Å². The number of carboxylic acid groups (broad SMARTS) is 1. The molecule has 0 saturated heterocycles. The van der Waals surface area contributed by atoms with Crippen LogP contribution in [0.2, 0.25) is 0 Å². The zero-order chi connectivity index (χ0) is 25.6. The van der Waals surface area contributed by atoms with Crippen LogP contribution in [-0.4, -0.2) is 27.7 Å². The molecule has 9 heteroatoms. The van der Waals surface area contributed by atoms with Gasteiger partial charge < -0.3 is 15.2 Å². The van der Waals surface area contributed by atoms with E-state index in [0.29, 0.717) is 37.5 Å². The number of hydrogen-bond donors (Lipinski definition) is 2. The molecule has 2 aliphatic rings. The van der Waals surface area contributed by atoms with E-state index in [1.54, 1.807) is 13.8 Å². The fraction of sp³-hybridized carbons (Fsp3) is 0.444. The summed E-state index contributed by atoms with van der Waals surface area (Å²) in [6.45, 7) is 4.03. The molecule has 0 amide bonds. The Morgan fingerprint density at radius 2 is 1.89 bits per heavy atom. The summed E-state index contributed by atoms with van der Waals surface area (Å²) in [5.41, 5.74) is 2.28. The number of alkyl halides is 2. The number of fused-ring (bicyclic) bond motifs is 3. The number of nitrogens with zero attached hydrogens (tertiary/aromatic N) is 2. The first-order chi connectivity index (χ1) is 17.2. The number of hydrogen-bond acceptors (Lipinski definition) is 5. The number of ether oxygens (including phenoxy) is 1. The van der Waals surface area contributed by atoms with E-state index in [1.807, 2.05) is 6.07 Å². The molecular weight excluding hydrogens is 471 g/mol. The molecule has 190 valence electrons. The molecule has 6 nitrogen and oxygen atoms in total. The maximum atomic E-state index is 14.8. The van der Waals surface area contributed by atoms with Crippen LogP contribution in [0.15, 0.2) is 24.3 Å². The normalized spacial score (nSPS) is 20.3. The summed E-state index contributed by atoms with van der Waals surface area (Å²) in [7, 11) is 0. The molecule has 2 aromatic carbocycles. The monoisotopic (exact) mass is 499 g/mol. The topological polar surface area (TPSA) is 84.3 Å². The second-order valence-corrected chi connectivity index (χ2v) is 9.69. The largest absolute Gasteiger partial charge is 0.493 e. The minimum absolute atomic E-state index is 0.133. The molecule has 0 bridgehead atoms. The zero-order valence-corrected chi connectivity index (χ0v) is 20.2. The van der Waals surface area contributed by atoms with Crippen LogP contribution in [0.1, 0.15) is 79.1 Å². The molecule has 1 saturated carbocycles. The lowest BCUT2D eigenvalue weighted by atomic mass is 9.77. The van der Waals surface area contributed by atoms with Crippen LogP contribution in [0.4, 0.5) is 19.0 Å². The molecule has 0 spiro atoms. The summed E-state index contributed by atoms with van der Waals surface area (Å²) in [5, 5.41) is 13.4. The predicted octanol–water partition coefficient (Wildman–Crippen LogP) is 6.48. The first-order valence-electron chi connectivity index (χ1n) is 12.3. The van der Waals surface area contributed by atoms with E-state index in [9.17, 15) is 23.1 Å². The summed E-state index contributed by atoms with van der Waals surface area (Å²) in [6.07, 6.45) is 0.505. The van der Waals surface area contributed by atoms with Gasteiger partial charge in [0.1, 0.15) is 23.2 Å². The van der Waals surface area contributed by atoms with Gasteiger partial charge in [-0.1, -0.05) is 18.2 Å². The van der Waals surface area contributed by atoms with Crippen LogP contribution in [0.5, 0.6) is 5.75 Å². The fourth-order valence-corrected chi connectivity index (χ4v) is 5.53. The Labute approximate surface area is 206 Å². The van der Waals surface area contributed by atoms with Crippen molar-refractivity contribution in [2.24, 2.45) is 5.92 Å². The van der Waals surface area contributed by atoms with E-state index in [2.05, 4.69) is 15.3 Å². The summed E-state index contributed by atoms with van der Waals surface area (Å²) < 4.78 is 47.4. The van der Waals surface area contributed by atoms with Gasteiger partial charge in [-0.05, 0) is 57.1 Å². The lowest BCUT2D eigenvalue weighted by molar-refractivity contribution is -0.142. The third-order valence-electron chi connectivity index (χ3n) is 7.41. The van der Waals surface area contributed by atoms with Crippen molar-refractivity contribution in [3.05, 3.63) is 58.2 Å². The van der Waals surface area contributed by atoms with Gasteiger partial charge in [-0.15, -0.1) is 0 Å². The van der Waals surface area contributed by atoms with E-state index in [0.717, 1.165) is 46.7 Å². The standard InChI is InChI=1S/C27H28F3N3O3/c1-13(17-4-3-5-18(22(17)28)25(29)30)31-26-21-12-20(15-6-8-16(9-7-15)27(34)35)24-19(10-11-36-24)23(21)32-14(2)33-26/h3-5,12-13,15-16,25H,6-11H2,1-2H3,(H,34,35)(H,31,32,33)/t13-,15-,16-/m1/s1. The minimum atomic E-state index is -2.90. The number of halogens is 3. The molecular formula is C27H28F3N3O3. The lowest BCUT2D eigenvalue weighted by Gasteiger charge is -2.28. The van der Waals surface area contributed by atoms with E-state index in [4.69, 9.17) is 4.74 Å². The molecule has 2 heterocycles. The van der Waals surface area contributed by atoms with Gasteiger partial charge in [0.05, 0.1) is 29.6 Å². The maximum Gasteiger partial charge on any atom is 0.306 e. The number of anilines is 1. The molecule has 0 radical (unpaired) electrons. The van der Waals surface area contributed by atoms with E-state index >= 15 is 0 Å². The maximum absolute atomic E-state index is 14.8.